The van der Waals surface area contributed by atoms with Gasteiger partial charge in [0.15, 0.2) is 0 Å². The monoisotopic (exact) mass is 460 g/mol. The predicted octanol–water partition coefficient (Wildman–Crippen LogP) is 5.95. The lowest BCUT2D eigenvalue weighted by atomic mass is 10.0. The van der Waals surface area contributed by atoms with Crippen molar-refractivity contribution in [2.75, 3.05) is 11.5 Å². The molecule has 6 heteroatoms. The van der Waals surface area contributed by atoms with Crippen LogP contribution in [0.25, 0.3) is 11.1 Å². The minimum atomic E-state index is 0.232. The van der Waals surface area contributed by atoms with E-state index in [2.05, 4.69) is 0 Å². The quantitative estimate of drug-likeness (QED) is 0.154. The molecule has 0 fully saturated rings. The molecule has 0 saturated heterocycles. The van der Waals surface area contributed by atoms with Crippen LogP contribution in [0.5, 0.6) is 23.0 Å². The average Bonchev–Trinajstić information content (AvgIpc) is 2.79. The minimum Gasteiger partial charge on any atom is -0.508 e. The molecule has 0 radical (unpaired) electrons. The van der Waals surface area contributed by atoms with Gasteiger partial charge in [-0.2, -0.15) is 0 Å². The second kappa shape index (κ2) is 11.5. The van der Waals surface area contributed by atoms with Crippen molar-refractivity contribution in [1.29, 1.82) is 0 Å². The number of anilines is 2. The summed E-state index contributed by atoms with van der Waals surface area (Å²) in [7, 11) is 0. The van der Waals surface area contributed by atoms with E-state index in [0.717, 1.165) is 33.6 Å². The number of phenolic OH excluding ortho intramolecular Hbond substituents is 4. The maximum atomic E-state index is 9.62. The average molecular weight is 461 g/mol. The summed E-state index contributed by atoms with van der Waals surface area (Å²) in [6.45, 7) is 7.19. The molecular weight excluding hydrogens is 428 g/mol. The van der Waals surface area contributed by atoms with Crippen molar-refractivity contribution >= 4 is 11.4 Å². The van der Waals surface area contributed by atoms with Crippen LogP contribution >= 0.6 is 0 Å². The van der Waals surface area contributed by atoms with Crippen molar-refractivity contribution in [3.8, 4) is 34.1 Å². The van der Waals surface area contributed by atoms with Crippen molar-refractivity contribution in [1.82, 2.24) is 0 Å². The Morgan fingerprint density at radius 1 is 0.412 bits per heavy atom. The topological polar surface area (TPSA) is 133 Å². The third-order valence-corrected chi connectivity index (χ3v) is 5.20. The highest BCUT2D eigenvalue weighted by Gasteiger charge is 2.04. The Hall–Kier alpha value is -4.32. The fourth-order valence-corrected chi connectivity index (χ4v) is 2.86. The number of aryl methyl sites for hydroxylation is 4. The highest BCUT2D eigenvalue weighted by molar-refractivity contribution is 5.68. The van der Waals surface area contributed by atoms with Gasteiger partial charge < -0.3 is 31.9 Å². The lowest BCUT2D eigenvalue weighted by Crippen LogP contribution is -1.86. The number of hydrogen-bond acceptors (Lipinski definition) is 6. The zero-order valence-electron chi connectivity index (χ0n) is 19.9. The van der Waals surface area contributed by atoms with Gasteiger partial charge in [-0.05, 0) is 110 Å². The molecule has 8 N–H and O–H groups in total. The smallest absolute Gasteiger partial charge is 0.119 e. The zero-order valence-corrected chi connectivity index (χ0v) is 19.9. The standard InChI is InChI=1S/C14H14O2.C8H10O2.C6H8N2/c1-9-3-5-11(7-13(9)15)12-6-4-10(2)14(16)8-12;1-5-3-8(10)6(2)4-7(5)9;7-5-1-2-6(8)4-3-5/h3-8,15-16H,1-2H3;3-4,9-10H,1-2H3;1-4H,7-8H2. The van der Waals surface area contributed by atoms with Crippen LogP contribution in [0.1, 0.15) is 22.3 Å². The van der Waals surface area contributed by atoms with Gasteiger partial charge in [0, 0.05) is 11.4 Å². The molecule has 34 heavy (non-hydrogen) atoms. The van der Waals surface area contributed by atoms with Crippen LogP contribution in [0.3, 0.4) is 0 Å². The minimum absolute atomic E-state index is 0.232. The van der Waals surface area contributed by atoms with Gasteiger partial charge in [0.25, 0.3) is 0 Å². The van der Waals surface area contributed by atoms with E-state index < -0.39 is 0 Å². The summed E-state index contributed by atoms with van der Waals surface area (Å²) in [5.41, 5.74) is 17.1. The van der Waals surface area contributed by atoms with Crippen LogP contribution < -0.4 is 11.5 Å². The molecule has 0 bridgehead atoms. The summed E-state index contributed by atoms with van der Waals surface area (Å²) >= 11 is 0. The molecule has 4 aromatic carbocycles. The lowest BCUT2D eigenvalue weighted by molar-refractivity contribution is 0.453. The van der Waals surface area contributed by atoms with Crippen LogP contribution in [-0.4, -0.2) is 20.4 Å². The van der Waals surface area contributed by atoms with Crippen molar-refractivity contribution in [3.63, 3.8) is 0 Å². The summed E-state index contributed by atoms with van der Waals surface area (Å²) in [6, 6.07) is 21.2. The Morgan fingerprint density at radius 2 is 0.706 bits per heavy atom. The molecule has 0 aliphatic carbocycles. The van der Waals surface area contributed by atoms with Gasteiger partial charge in [-0.1, -0.05) is 24.3 Å². The molecule has 0 unspecified atom stereocenters. The van der Waals surface area contributed by atoms with Crippen LogP contribution in [0.15, 0.2) is 72.8 Å². The van der Waals surface area contributed by atoms with Crippen molar-refractivity contribution in [2.24, 2.45) is 0 Å². The van der Waals surface area contributed by atoms with E-state index in [0.29, 0.717) is 11.1 Å². The van der Waals surface area contributed by atoms with E-state index in [1.165, 1.54) is 0 Å². The molecule has 178 valence electrons. The van der Waals surface area contributed by atoms with E-state index in [1.807, 2.05) is 38.1 Å². The highest BCUT2D eigenvalue weighted by atomic mass is 16.3. The first-order valence-electron chi connectivity index (χ1n) is 10.7. The van der Waals surface area contributed by atoms with Crippen molar-refractivity contribution in [2.45, 2.75) is 27.7 Å². The van der Waals surface area contributed by atoms with E-state index in [1.54, 1.807) is 62.4 Å². The van der Waals surface area contributed by atoms with Gasteiger partial charge in [-0.15, -0.1) is 0 Å². The predicted molar refractivity (Wildman–Crippen MR) is 139 cm³/mol. The lowest BCUT2D eigenvalue weighted by Gasteiger charge is -2.06. The Kier molecular flexibility index (Phi) is 8.79. The van der Waals surface area contributed by atoms with Gasteiger partial charge in [-0.25, -0.2) is 0 Å². The van der Waals surface area contributed by atoms with E-state index in [-0.39, 0.29) is 23.0 Å². The van der Waals surface area contributed by atoms with Gasteiger partial charge in [0.1, 0.15) is 23.0 Å². The SMILES string of the molecule is Cc1cc(O)c(C)cc1O.Cc1ccc(-c2ccc(C)c(O)c2)cc1O.Nc1ccc(N)cc1. The van der Waals surface area contributed by atoms with Gasteiger partial charge in [0.2, 0.25) is 0 Å². The summed E-state index contributed by atoms with van der Waals surface area (Å²) in [5.74, 6) is 1.01. The van der Waals surface area contributed by atoms with Crippen molar-refractivity contribution < 1.29 is 20.4 Å². The van der Waals surface area contributed by atoms with Crippen LogP contribution in [-0.2, 0) is 0 Å². The molecule has 0 heterocycles. The third kappa shape index (κ3) is 7.38. The molecule has 0 atom stereocenters. The van der Waals surface area contributed by atoms with Gasteiger partial charge in [0.05, 0.1) is 0 Å². The third-order valence-electron chi connectivity index (χ3n) is 5.20. The molecule has 0 amide bonds. The number of rotatable bonds is 1. The van der Waals surface area contributed by atoms with E-state index in [9.17, 15) is 10.2 Å². The maximum absolute atomic E-state index is 9.62. The first kappa shape index (κ1) is 25.9. The number of nitrogen functional groups attached to an aromatic ring is 2. The number of hydrogen-bond donors (Lipinski definition) is 6. The fourth-order valence-electron chi connectivity index (χ4n) is 2.86. The summed E-state index contributed by atoms with van der Waals surface area (Å²) in [6.07, 6.45) is 0. The number of phenols is 4. The number of benzene rings is 4. The first-order valence-corrected chi connectivity index (χ1v) is 10.7. The molecule has 4 aromatic rings. The normalized spacial score (nSPS) is 9.88. The van der Waals surface area contributed by atoms with Crippen LogP contribution in [0, 0.1) is 27.7 Å². The highest BCUT2D eigenvalue weighted by Crippen LogP contribution is 2.29. The van der Waals surface area contributed by atoms with Crippen LogP contribution in [0.4, 0.5) is 11.4 Å². The van der Waals surface area contributed by atoms with Crippen LogP contribution in [0.2, 0.25) is 0 Å². The van der Waals surface area contributed by atoms with E-state index in [4.69, 9.17) is 21.7 Å². The molecular formula is C28H32N2O4. The molecule has 0 spiro atoms. The molecule has 6 nitrogen and oxygen atoms in total. The fraction of sp³-hybridized carbons (Fsp3) is 0.143. The summed E-state index contributed by atoms with van der Waals surface area (Å²) in [4.78, 5) is 0. The summed E-state index contributed by atoms with van der Waals surface area (Å²) in [5, 5.41) is 37.5. The van der Waals surface area contributed by atoms with Gasteiger partial charge in [-0.3, -0.25) is 0 Å². The second-order valence-corrected chi connectivity index (χ2v) is 8.09. The first-order chi connectivity index (χ1) is 16.0. The second-order valence-electron chi connectivity index (χ2n) is 8.09. The Bertz CT molecular complexity index is 1130. The molecule has 0 aromatic heterocycles. The van der Waals surface area contributed by atoms with E-state index >= 15 is 0 Å². The molecule has 4 rings (SSSR count). The Morgan fingerprint density at radius 3 is 1.00 bits per heavy atom. The Balaban J connectivity index is 0.000000195. The zero-order chi connectivity index (χ0) is 25.4. The number of nitrogens with two attached hydrogens (primary N) is 2. The molecule has 0 aliphatic rings. The molecule has 0 aliphatic heterocycles. The maximum Gasteiger partial charge on any atom is 0.119 e. The summed E-state index contributed by atoms with van der Waals surface area (Å²) < 4.78 is 0. The van der Waals surface area contributed by atoms with Gasteiger partial charge >= 0.3 is 0 Å². The Labute approximate surface area is 200 Å². The largest absolute Gasteiger partial charge is 0.508 e. The van der Waals surface area contributed by atoms with Crippen molar-refractivity contribution in [3.05, 3.63) is 95.1 Å². The number of aromatic hydroxyl groups is 4. The molecule has 0 saturated carbocycles.